The number of benzene rings is 1. The van der Waals surface area contributed by atoms with Gasteiger partial charge in [0.15, 0.2) is 5.65 Å². The van der Waals surface area contributed by atoms with Crippen molar-refractivity contribution in [1.29, 1.82) is 0 Å². The van der Waals surface area contributed by atoms with Gasteiger partial charge in [-0.3, -0.25) is 0 Å². The summed E-state index contributed by atoms with van der Waals surface area (Å²) in [6.07, 6.45) is 1.70. The lowest BCUT2D eigenvalue weighted by Crippen LogP contribution is -2.32. The SMILES string of the molecule is C=C(CNCc1cc2ccc(Oc3nc4ncccc4s3)cc2o1)NC(N)=O. The van der Waals surface area contributed by atoms with Gasteiger partial charge in [0, 0.05) is 29.9 Å². The average Bonchev–Trinajstić information content (AvgIpc) is 3.23. The molecule has 4 rings (SSSR count). The number of nitrogens with two attached hydrogens (primary N) is 1. The predicted octanol–water partition coefficient (Wildman–Crippen LogP) is 3.50. The molecule has 0 saturated heterocycles. The van der Waals surface area contributed by atoms with Gasteiger partial charge in [-0.05, 0) is 30.3 Å². The first-order valence-electron chi connectivity index (χ1n) is 8.44. The van der Waals surface area contributed by atoms with E-state index in [-0.39, 0.29) is 0 Å². The van der Waals surface area contributed by atoms with Crippen molar-refractivity contribution in [2.24, 2.45) is 5.73 Å². The number of nitrogens with one attached hydrogen (secondary N) is 2. The number of nitrogens with zero attached hydrogens (tertiary/aromatic N) is 2. The second-order valence-electron chi connectivity index (χ2n) is 6.02. The second kappa shape index (κ2) is 7.67. The maximum absolute atomic E-state index is 10.8. The molecule has 0 fully saturated rings. The van der Waals surface area contributed by atoms with Crippen molar-refractivity contribution in [3.63, 3.8) is 0 Å². The van der Waals surface area contributed by atoms with Crippen LogP contribution in [0.3, 0.4) is 0 Å². The topological polar surface area (TPSA) is 115 Å². The molecule has 142 valence electrons. The molecular formula is C19H17N5O3S. The summed E-state index contributed by atoms with van der Waals surface area (Å²) in [6, 6.07) is 10.8. The highest BCUT2D eigenvalue weighted by molar-refractivity contribution is 7.20. The van der Waals surface area contributed by atoms with E-state index >= 15 is 0 Å². The van der Waals surface area contributed by atoms with E-state index < -0.39 is 6.03 Å². The third kappa shape index (κ3) is 4.11. The molecular weight excluding hydrogens is 378 g/mol. The van der Waals surface area contributed by atoms with Gasteiger partial charge in [0.1, 0.15) is 17.1 Å². The number of rotatable bonds is 7. The third-order valence-corrected chi connectivity index (χ3v) is 4.72. The molecule has 9 heteroatoms. The zero-order chi connectivity index (χ0) is 19.5. The molecule has 0 radical (unpaired) electrons. The van der Waals surface area contributed by atoms with Gasteiger partial charge in [0.2, 0.25) is 0 Å². The Morgan fingerprint density at radius 2 is 2.21 bits per heavy atom. The van der Waals surface area contributed by atoms with E-state index in [2.05, 4.69) is 27.2 Å². The molecule has 4 aromatic rings. The lowest BCUT2D eigenvalue weighted by Gasteiger charge is -2.06. The summed E-state index contributed by atoms with van der Waals surface area (Å²) in [7, 11) is 0. The number of thiazole rings is 1. The quantitative estimate of drug-likeness (QED) is 0.441. The van der Waals surface area contributed by atoms with Crippen LogP contribution in [0.4, 0.5) is 4.79 Å². The van der Waals surface area contributed by atoms with Crippen LogP contribution in [0.5, 0.6) is 10.9 Å². The number of hydrogen-bond donors (Lipinski definition) is 3. The molecule has 3 aromatic heterocycles. The molecule has 0 atom stereocenters. The van der Waals surface area contributed by atoms with E-state index in [1.165, 1.54) is 11.3 Å². The van der Waals surface area contributed by atoms with E-state index in [0.29, 0.717) is 41.0 Å². The summed E-state index contributed by atoms with van der Waals surface area (Å²) >= 11 is 1.44. The minimum Gasteiger partial charge on any atom is -0.460 e. The molecule has 0 spiro atoms. The highest BCUT2D eigenvalue weighted by atomic mass is 32.1. The minimum absolute atomic E-state index is 0.389. The van der Waals surface area contributed by atoms with E-state index in [1.807, 2.05) is 36.4 Å². The lowest BCUT2D eigenvalue weighted by atomic mass is 10.2. The zero-order valence-corrected chi connectivity index (χ0v) is 15.6. The van der Waals surface area contributed by atoms with Gasteiger partial charge < -0.3 is 25.5 Å². The second-order valence-corrected chi connectivity index (χ2v) is 7.01. The Labute approximate surface area is 164 Å². The van der Waals surface area contributed by atoms with E-state index in [0.717, 1.165) is 15.8 Å². The number of furan rings is 1. The summed E-state index contributed by atoms with van der Waals surface area (Å²) in [5.41, 5.74) is 6.91. The summed E-state index contributed by atoms with van der Waals surface area (Å²) in [5, 5.41) is 7.04. The van der Waals surface area contributed by atoms with Gasteiger partial charge >= 0.3 is 6.03 Å². The number of aromatic nitrogens is 2. The first-order valence-corrected chi connectivity index (χ1v) is 9.25. The number of carbonyl (C=O) groups is 1. The third-order valence-electron chi connectivity index (χ3n) is 3.83. The number of ether oxygens (including phenoxy) is 1. The standard InChI is InChI=1S/C19H17N5O3S/c1-11(23-18(20)25)9-21-10-14-7-12-4-5-13(8-15(12)26-14)27-19-24-17-16(28-19)3-2-6-22-17/h2-8,21H,1,9-10H2,(H3,20,23,25). The van der Waals surface area contributed by atoms with Crippen LogP contribution in [-0.4, -0.2) is 22.5 Å². The van der Waals surface area contributed by atoms with Crippen LogP contribution in [-0.2, 0) is 6.54 Å². The molecule has 0 unspecified atom stereocenters. The van der Waals surface area contributed by atoms with Crippen LogP contribution < -0.4 is 21.1 Å². The minimum atomic E-state index is -0.632. The molecule has 0 aliphatic heterocycles. The largest absolute Gasteiger partial charge is 0.460 e. The van der Waals surface area contributed by atoms with Crippen molar-refractivity contribution in [2.75, 3.05) is 6.54 Å². The van der Waals surface area contributed by atoms with Crippen LogP contribution >= 0.6 is 11.3 Å². The molecule has 1 aromatic carbocycles. The summed E-state index contributed by atoms with van der Waals surface area (Å²) in [5.74, 6) is 1.39. The number of urea groups is 1. The van der Waals surface area contributed by atoms with E-state index in [9.17, 15) is 4.79 Å². The molecule has 28 heavy (non-hydrogen) atoms. The van der Waals surface area contributed by atoms with Crippen LogP contribution in [0.15, 0.2) is 59.3 Å². The van der Waals surface area contributed by atoms with Crippen LogP contribution in [0, 0.1) is 0 Å². The summed E-state index contributed by atoms with van der Waals surface area (Å²) in [4.78, 5) is 19.3. The Balaban J connectivity index is 1.42. The van der Waals surface area contributed by atoms with Gasteiger partial charge in [-0.1, -0.05) is 17.9 Å². The Morgan fingerprint density at radius 1 is 1.32 bits per heavy atom. The molecule has 4 N–H and O–H groups in total. The number of hydrogen-bond acceptors (Lipinski definition) is 7. The lowest BCUT2D eigenvalue weighted by molar-refractivity contribution is 0.251. The molecule has 0 aliphatic rings. The van der Waals surface area contributed by atoms with Crippen molar-refractivity contribution in [2.45, 2.75) is 6.54 Å². The highest BCUT2D eigenvalue weighted by Crippen LogP contribution is 2.32. The van der Waals surface area contributed by atoms with Gasteiger partial charge in [-0.2, -0.15) is 4.98 Å². The fourth-order valence-corrected chi connectivity index (χ4v) is 3.46. The molecule has 0 aliphatic carbocycles. The number of pyridine rings is 1. The first-order chi connectivity index (χ1) is 13.6. The maximum Gasteiger partial charge on any atom is 0.316 e. The number of amides is 2. The Kier molecular flexibility index (Phi) is 4.92. The van der Waals surface area contributed by atoms with Crippen LogP contribution in [0.25, 0.3) is 21.3 Å². The van der Waals surface area contributed by atoms with Crippen LogP contribution in [0.2, 0.25) is 0 Å². The number of primary amides is 1. The average molecular weight is 395 g/mol. The summed E-state index contributed by atoms with van der Waals surface area (Å²) in [6.45, 7) is 4.57. The van der Waals surface area contributed by atoms with Crippen molar-refractivity contribution in [3.8, 4) is 10.9 Å². The maximum atomic E-state index is 10.8. The fourth-order valence-electron chi connectivity index (χ4n) is 2.67. The first kappa shape index (κ1) is 18.0. The molecule has 3 heterocycles. The summed E-state index contributed by atoms with van der Waals surface area (Å²) < 4.78 is 12.7. The van der Waals surface area contributed by atoms with E-state index in [1.54, 1.807) is 6.20 Å². The van der Waals surface area contributed by atoms with Gasteiger partial charge in [0.05, 0.1) is 11.2 Å². The Bertz CT molecular complexity index is 1130. The van der Waals surface area contributed by atoms with Gasteiger partial charge in [-0.15, -0.1) is 0 Å². The van der Waals surface area contributed by atoms with Crippen LogP contribution in [0.1, 0.15) is 5.76 Å². The van der Waals surface area contributed by atoms with Crippen molar-refractivity contribution in [3.05, 3.63) is 60.6 Å². The highest BCUT2D eigenvalue weighted by Gasteiger charge is 2.09. The number of fused-ring (bicyclic) bond motifs is 2. The molecule has 0 bridgehead atoms. The van der Waals surface area contributed by atoms with Crippen molar-refractivity contribution >= 4 is 38.7 Å². The molecule has 0 saturated carbocycles. The number of carbonyl (C=O) groups excluding carboxylic acids is 1. The molecule has 8 nitrogen and oxygen atoms in total. The Hall–Kier alpha value is -3.43. The monoisotopic (exact) mass is 395 g/mol. The zero-order valence-electron chi connectivity index (χ0n) is 14.8. The van der Waals surface area contributed by atoms with Crippen molar-refractivity contribution in [1.82, 2.24) is 20.6 Å². The predicted molar refractivity (Wildman–Crippen MR) is 107 cm³/mol. The smallest absolute Gasteiger partial charge is 0.316 e. The molecule has 2 amide bonds. The Morgan fingerprint density at radius 3 is 3.04 bits per heavy atom. The van der Waals surface area contributed by atoms with Crippen molar-refractivity contribution < 1.29 is 13.9 Å². The van der Waals surface area contributed by atoms with E-state index in [4.69, 9.17) is 14.9 Å². The van der Waals surface area contributed by atoms with Gasteiger partial charge in [0.25, 0.3) is 5.19 Å². The van der Waals surface area contributed by atoms with Gasteiger partial charge in [-0.25, -0.2) is 9.78 Å². The normalized spacial score (nSPS) is 11.0. The fraction of sp³-hybridized carbons (Fsp3) is 0.105.